The van der Waals surface area contributed by atoms with Crippen LogP contribution >= 0.6 is 0 Å². The quantitative estimate of drug-likeness (QED) is 0.508. The van der Waals surface area contributed by atoms with Gasteiger partial charge in [-0.15, -0.1) is 0 Å². The molecule has 0 bridgehead atoms. The van der Waals surface area contributed by atoms with Crippen LogP contribution in [0.25, 0.3) is 0 Å². The van der Waals surface area contributed by atoms with Gasteiger partial charge in [-0.3, -0.25) is 0 Å². The zero-order chi connectivity index (χ0) is 6.81. The molecule has 2 heterocycles. The largest absolute Gasteiger partial charge is 0.388 e. The number of allylic oxidation sites excluding steroid dienone is 1. The molecule has 2 rings (SSSR count). The lowest BCUT2D eigenvalue weighted by molar-refractivity contribution is 0.567. The van der Waals surface area contributed by atoms with E-state index in [9.17, 15) is 0 Å². The molecule has 2 aliphatic rings. The molecule has 1 saturated heterocycles. The van der Waals surface area contributed by atoms with E-state index >= 15 is 0 Å². The molecule has 0 spiro atoms. The molecule has 0 saturated carbocycles. The first-order valence-electron chi connectivity index (χ1n) is 4.11. The van der Waals surface area contributed by atoms with Gasteiger partial charge in [0.2, 0.25) is 0 Å². The average Bonchev–Trinajstić information content (AvgIpc) is 2.28. The lowest BCUT2D eigenvalue weighted by Crippen LogP contribution is -2.14. The van der Waals surface area contributed by atoms with Gasteiger partial charge in [-0.25, -0.2) is 0 Å². The second kappa shape index (κ2) is 2.62. The Kier molecular flexibility index (Phi) is 1.63. The summed E-state index contributed by atoms with van der Waals surface area (Å²) in [6.07, 6.45) is 4.96. The van der Waals surface area contributed by atoms with Crippen molar-refractivity contribution in [2.75, 3.05) is 19.6 Å². The second-order valence-electron chi connectivity index (χ2n) is 3.06. The highest BCUT2D eigenvalue weighted by Crippen LogP contribution is 2.22. The van der Waals surface area contributed by atoms with Gasteiger partial charge in [0, 0.05) is 24.7 Å². The van der Waals surface area contributed by atoms with E-state index in [1.54, 1.807) is 0 Å². The molecule has 0 aromatic carbocycles. The van der Waals surface area contributed by atoms with Crippen LogP contribution in [0.15, 0.2) is 11.8 Å². The Labute approximate surface area is 61.7 Å². The molecule has 2 heteroatoms. The van der Waals surface area contributed by atoms with Gasteiger partial charge in [0.05, 0.1) is 0 Å². The Bertz CT molecular complexity index is 151. The minimum atomic E-state index is 0.843. The number of hydrogen-bond donors (Lipinski definition) is 2. The fourth-order valence-corrected chi connectivity index (χ4v) is 1.79. The van der Waals surface area contributed by atoms with Crippen molar-refractivity contribution in [3.8, 4) is 0 Å². The summed E-state index contributed by atoms with van der Waals surface area (Å²) in [5.41, 5.74) is 1.49. The van der Waals surface area contributed by atoms with E-state index in [0.717, 1.165) is 12.5 Å². The topological polar surface area (TPSA) is 24.1 Å². The second-order valence-corrected chi connectivity index (χ2v) is 3.06. The van der Waals surface area contributed by atoms with Crippen LogP contribution in [0, 0.1) is 5.92 Å². The Morgan fingerprint density at radius 1 is 1.30 bits per heavy atom. The van der Waals surface area contributed by atoms with Gasteiger partial charge < -0.3 is 10.6 Å². The van der Waals surface area contributed by atoms with Gasteiger partial charge in [-0.2, -0.15) is 0 Å². The third-order valence-corrected chi connectivity index (χ3v) is 2.40. The van der Waals surface area contributed by atoms with Crippen molar-refractivity contribution < 1.29 is 0 Å². The molecule has 1 fully saturated rings. The van der Waals surface area contributed by atoms with Crippen molar-refractivity contribution in [3.63, 3.8) is 0 Å². The molecule has 0 aromatic rings. The Balaban J connectivity index is 2.10. The average molecular weight is 138 g/mol. The van der Waals surface area contributed by atoms with Gasteiger partial charge in [-0.1, -0.05) is 6.08 Å². The minimum absolute atomic E-state index is 0.843. The maximum Gasteiger partial charge on any atom is 0.0154 e. The van der Waals surface area contributed by atoms with Gasteiger partial charge in [0.15, 0.2) is 0 Å². The molecule has 1 atom stereocenters. The highest BCUT2D eigenvalue weighted by atomic mass is 14.9. The van der Waals surface area contributed by atoms with E-state index in [1.165, 1.54) is 31.6 Å². The Morgan fingerprint density at radius 3 is 3.20 bits per heavy atom. The normalized spacial score (nSPS) is 32.0. The molecule has 0 aliphatic carbocycles. The smallest absolute Gasteiger partial charge is 0.0154 e. The van der Waals surface area contributed by atoms with Crippen LogP contribution in [0.5, 0.6) is 0 Å². The first-order chi connectivity index (χ1) is 4.97. The summed E-state index contributed by atoms with van der Waals surface area (Å²) in [7, 11) is 0. The van der Waals surface area contributed by atoms with Crippen LogP contribution in [0.4, 0.5) is 0 Å². The summed E-state index contributed by atoms with van der Waals surface area (Å²) in [4.78, 5) is 0. The van der Waals surface area contributed by atoms with E-state index in [1.807, 2.05) is 0 Å². The van der Waals surface area contributed by atoms with Gasteiger partial charge in [0.1, 0.15) is 0 Å². The van der Waals surface area contributed by atoms with E-state index in [2.05, 4.69) is 16.7 Å². The summed E-state index contributed by atoms with van der Waals surface area (Å²) in [6, 6.07) is 0. The zero-order valence-corrected chi connectivity index (χ0v) is 6.19. The summed E-state index contributed by atoms with van der Waals surface area (Å²) in [5.74, 6) is 0.843. The van der Waals surface area contributed by atoms with Crippen molar-refractivity contribution in [2.24, 2.45) is 5.92 Å². The maximum atomic E-state index is 3.42. The van der Waals surface area contributed by atoms with E-state index in [0.29, 0.717) is 0 Å². The zero-order valence-electron chi connectivity index (χ0n) is 6.19. The highest BCUT2D eigenvalue weighted by Gasteiger charge is 2.20. The number of rotatable bonds is 0. The predicted molar refractivity (Wildman–Crippen MR) is 41.7 cm³/mol. The lowest BCUT2D eigenvalue weighted by atomic mass is 10.0. The SMILES string of the molecule is C1=C2NCCC2CCNC1. The Morgan fingerprint density at radius 2 is 2.20 bits per heavy atom. The standard InChI is InChI=1S/C8H14N2/c1-4-9-5-3-8-7(1)2-6-10-8/h3,7,9-10H,1-2,4-6H2. The molecule has 0 radical (unpaired) electrons. The molecule has 0 aromatic heterocycles. The van der Waals surface area contributed by atoms with Crippen molar-refractivity contribution in [3.05, 3.63) is 11.8 Å². The van der Waals surface area contributed by atoms with Crippen LogP contribution in [-0.4, -0.2) is 19.6 Å². The maximum absolute atomic E-state index is 3.42. The first-order valence-corrected chi connectivity index (χ1v) is 4.11. The monoisotopic (exact) mass is 138 g/mol. The van der Waals surface area contributed by atoms with Gasteiger partial charge in [0.25, 0.3) is 0 Å². The first kappa shape index (κ1) is 6.23. The van der Waals surface area contributed by atoms with Crippen LogP contribution in [0.1, 0.15) is 12.8 Å². The molecular formula is C8H14N2. The number of nitrogens with one attached hydrogen (secondary N) is 2. The van der Waals surface area contributed by atoms with Crippen molar-refractivity contribution in [2.45, 2.75) is 12.8 Å². The molecule has 2 aliphatic heterocycles. The summed E-state index contributed by atoms with van der Waals surface area (Å²) < 4.78 is 0. The molecule has 56 valence electrons. The van der Waals surface area contributed by atoms with Crippen LogP contribution in [0.3, 0.4) is 0 Å². The van der Waals surface area contributed by atoms with Crippen molar-refractivity contribution in [1.82, 2.24) is 10.6 Å². The number of fused-ring (bicyclic) bond motifs is 1. The molecule has 2 N–H and O–H groups in total. The third-order valence-electron chi connectivity index (χ3n) is 2.40. The highest BCUT2D eigenvalue weighted by molar-refractivity contribution is 5.11. The minimum Gasteiger partial charge on any atom is -0.388 e. The van der Waals surface area contributed by atoms with E-state index < -0.39 is 0 Å². The number of hydrogen-bond acceptors (Lipinski definition) is 2. The van der Waals surface area contributed by atoms with Crippen molar-refractivity contribution in [1.29, 1.82) is 0 Å². The molecule has 10 heavy (non-hydrogen) atoms. The predicted octanol–water partition coefficient (Wildman–Crippen LogP) is 0.473. The Hall–Kier alpha value is -0.500. The fourth-order valence-electron chi connectivity index (χ4n) is 1.79. The molecular weight excluding hydrogens is 124 g/mol. The summed E-state index contributed by atoms with van der Waals surface area (Å²) in [6.45, 7) is 3.43. The molecule has 1 unspecified atom stereocenters. The van der Waals surface area contributed by atoms with Gasteiger partial charge in [-0.05, 0) is 19.4 Å². The van der Waals surface area contributed by atoms with E-state index in [-0.39, 0.29) is 0 Å². The lowest BCUT2D eigenvalue weighted by Gasteiger charge is -2.05. The van der Waals surface area contributed by atoms with Crippen molar-refractivity contribution >= 4 is 0 Å². The van der Waals surface area contributed by atoms with E-state index in [4.69, 9.17) is 0 Å². The van der Waals surface area contributed by atoms with Gasteiger partial charge >= 0.3 is 0 Å². The van der Waals surface area contributed by atoms with Crippen LogP contribution < -0.4 is 10.6 Å². The molecule has 0 amide bonds. The fraction of sp³-hybridized carbons (Fsp3) is 0.750. The molecule has 2 nitrogen and oxygen atoms in total. The summed E-state index contributed by atoms with van der Waals surface area (Å²) in [5, 5.41) is 6.78. The summed E-state index contributed by atoms with van der Waals surface area (Å²) >= 11 is 0. The van der Waals surface area contributed by atoms with Crippen LogP contribution in [0.2, 0.25) is 0 Å². The third kappa shape index (κ3) is 1.03. The van der Waals surface area contributed by atoms with Crippen LogP contribution in [-0.2, 0) is 0 Å².